The normalized spacial score (nSPS) is 18.5. The Morgan fingerprint density at radius 2 is 2.15 bits per heavy atom. The molecular formula is C22H21ClFN7O2. The first-order valence-corrected chi connectivity index (χ1v) is 11.2. The van der Waals surface area contributed by atoms with E-state index >= 15 is 4.39 Å². The van der Waals surface area contributed by atoms with Crippen LogP contribution in [0.3, 0.4) is 0 Å². The smallest absolute Gasteiger partial charge is 0.228 e. The van der Waals surface area contributed by atoms with Crippen molar-refractivity contribution in [3.05, 3.63) is 35.6 Å². The zero-order valence-corrected chi connectivity index (χ0v) is 18.6. The molecule has 1 aromatic carbocycles. The largest absolute Gasteiger partial charge is 0.380 e. The summed E-state index contributed by atoms with van der Waals surface area (Å²) in [6.45, 7) is 1.24. The maximum atomic E-state index is 15.6. The number of aromatic nitrogens is 5. The van der Waals surface area contributed by atoms with Crippen LogP contribution < -0.4 is 10.2 Å². The van der Waals surface area contributed by atoms with E-state index in [-0.39, 0.29) is 23.0 Å². The Labute approximate surface area is 192 Å². The van der Waals surface area contributed by atoms with E-state index in [1.807, 2.05) is 4.90 Å². The van der Waals surface area contributed by atoms with E-state index in [1.54, 1.807) is 36.3 Å². The minimum atomic E-state index is -0.523. The van der Waals surface area contributed by atoms with Gasteiger partial charge < -0.3 is 19.4 Å². The van der Waals surface area contributed by atoms with Gasteiger partial charge in [-0.3, -0.25) is 14.9 Å². The van der Waals surface area contributed by atoms with Gasteiger partial charge in [0.05, 0.1) is 40.9 Å². The van der Waals surface area contributed by atoms with Gasteiger partial charge in [0.1, 0.15) is 5.69 Å². The van der Waals surface area contributed by atoms with Gasteiger partial charge in [-0.15, -0.1) is 0 Å². The Balaban J connectivity index is 1.42. The molecule has 170 valence electrons. The first kappa shape index (κ1) is 20.4. The number of amides is 1. The van der Waals surface area contributed by atoms with Crippen LogP contribution in [0.1, 0.15) is 19.3 Å². The number of halogens is 2. The lowest BCUT2D eigenvalue weighted by Crippen LogP contribution is -2.23. The van der Waals surface area contributed by atoms with Crippen LogP contribution in [0.15, 0.2) is 24.8 Å². The molecule has 1 amide bonds. The van der Waals surface area contributed by atoms with E-state index in [4.69, 9.17) is 16.3 Å². The summed E-state index contributed by atoms with van der Waals surface area (Å²) < 4.78 is 22.8. The van der Waals surface area contributed by atoms with E-state index in [0.29, 0.717) is 52.4 Å². The Kier molecular flexibility index (Phi) is 4.73. The second kappa shape index (κ2) is 7.67. The number of benzene rings is 1. The predicted octanol–water partition coefficient (Wildman–Crippen LogP) is 3.64. The maximum absolute atomic E-state index is 15.6. The molecule has 0 unspecified atom stereocenters. The van der Waals surface area contributed by atoms with Crippen molar-refractivity contribution in [1.82, 2.24) is 24.6 Å². The standard InChI is InChI=1S/C22H21ClFN7O2/c1-33-12-4-5-30(8-12)21-19(24)18(23)17(13-6-26-29-20(13)21)14-9-31-10-15(27-16(31)7-25-14)28-22(32)11-2-3-11/h6-7,9-12H,2-5,8H2,1H3,(H,26,29)(H,28,32)/t12-/m1/s1. The molecule has 9 nitrogen and oxygen atoms in total. The van der Waals surface area contributed by atoms with Crippen LogP contribution in [0.4, 0.5) is 15.9 Å². The zero-order valence-electron chi connectivity index (χ0n) is 17.8. The molecule has 1 saturated heterocycles. The van der Waals surface area contributed by atoms with E-state index in [0.717, 1.165) is 19.3 Å². The highest BCUT2D eigenvalue weighted by Crippen LogP contribution is 2.43. The summed E-state index contributed by atoms with van der Waals surface area (Å²) in [5.41, 5.74) is 2.43. The number of methoxy groups -OCH3 is 1. The number of ether oxygens (including phenoxy) is 1. The van der Waals surface area contributed by atoms with Crippen LogP contribution in [0.25, 0.3) is 27.8 Å². The Morgan fingerprint density at radius 1 is 1.30 bits per heavy atom. The third kappa shape index (κ3) is 3.41. The molecule has 3 aromatic heterocycles. The number of carbonyl (C=O) groups is 1. The number of H-pyrrole nitrogens is 1. The fraction of sp³-hybridized carbons (Fsp3) is 0.364. The van der Waals surface area contributed by atoms with Gasteiger partial charge in [-0.1, -0.05) is 11.6 Å². The summed E-state index contributed by atoms with van der Waals surface area (Å²) in [4.78, 5) is 22.9. The third-order valence-corrected chi connectivity index (χ3v) is 6.71. The Hall–Kier alpha value is -3.24. The lowest BCUT2D eigenvalue weighted by molar-refractivity contribution is -0.117. The molecule has 4 aromatic rings. The molecular weight excluding hydrogens is 449 g/mol. The van der Waals surface area contributed by atoms with Crippen molar-refractivity contribution >= 4 is 45.6 Å². The summed E-state index contributed by atoms with van der Waals surface area (Å²) >= 11 is 6.59. The predicted molar refractivity (Wildman–Crippen MR) is 122 cm³/mol. The molecule has 2 aliphatic rings. The number of imidazole rings is 1. The highest BCUT2D eigenvalue weighted by atomic mass is 35.5. The fourth-order valence-electron chi connectivity index (χ4n) is 4.43. The van der Waals surface area contributed by atoms with Gasteiger partial charge in [0.15, 0.2) is 17.3 Å². The van der Waals surface area contributed by atoms with E-state index in [1.165, 1.54) is 0 Å². The molecule has 1 atom stereocenters. The van der Waals surface area contributed by atoms with E-state index < -0.39 is 5.82 Å². The fourth-order valence-corrected chi connectivity index (χ4v) is 4.72. The summed E-state index contributed by atoms with van der Waals surface area (Å²) in [5.74, 6) is -0.0169. The van der Waals surface area contributed by atoms with Gasteiger partial charge in [-0.05, 0) is 19.3 Å². The summed E-state index contributed by atoms with van der Waals surface area (Å²) in [5, 5.41) is 10.6. The number of aromatic amines is 1. The number of carbonyl (C=O) groups excluding carboxylic acids is 1. The van der Waals surface area contributed by atoms with Crippen molar-refractivity contribution in [2.45, 2.75) is 25.4 Å². The topological polar surface area (TPSA) is 100 Å². The van der Waals surface area contributed by atoms with Crippen LogP contribution in [-0.2, 0) is 9.53 Å². The minimum Gasteiger partial charge on any atom is -0.380 e. The minimum absolute atomic E-state index is 0.0195. The van der Waals surface area contributed by atoms with Gasteiger partial charge in [0.2, 0.25) is 5.91 Å². The van der Waals surface area contributed by atoms with Crippen LogP contribution in [-0.4, -0.2) is 56.8 Å². The van der Waals surface area contributed by atoms with Crippen LogP contribution >= 0.6 is 11.6 Å². The molecule has 1 aliphatic heterocycles. The highest BCUT2D eigenvalue weighted by Gasteiger charge is 2.31. The van der Waals surface area contributed by atoms with Crippen molar-refractivity contribution in [3.8, 4) is 11.3 Å². The second-order valence-corrected chi connectivity index (χ2v) is 8.91. The molecule has 0 bridgehead atoms. The highest BCUT2D eigenvalue weighted by molar-refractivity contribution is 6.36. The lowest BCUT2D eigenvalue weighted by atomic mass is 10.0. The first-order valence-electron chi connectivity index (χ1n) is 10.8. The average molecular weight is 470 g/mol. The van der Waals surface area contributed by atoms with Crippen LogP contribution in [0, 0.1) is 11.7 Å². The van der Waals surface area contributed by atoms with Gasteiger partial charge in [0.25, 0.3) is 0 Å². The summed E-state index contributed by atoms with van der Waals surface area (Å²) in [6.07, 6.45) is 9.30. The summed E-state index contributed by atoms with van der Waals surface area (Å²) in [7, 11) is 1.66. The molecule has 0 radical (unpaired) electrons. The second-order valence-electron chi connectivity index (χ2n) is 8.53. The lowest BCUT2D eigenvalue weighted by Gasteiger charge is -2.21. The molecule has 2 fully saturated rings. The van der Waals surface area contributed by atoms with Crippen LogP contribution in [0.2, 0.25) is 5.02 Å². The first-order chi connectivity index (χ1) is 16.0. The van der Waals surface area contributed by atoms with Crippen molar-refractivity contribution < 1.29 is 13.9 Å². The molecule has 1 aliphatic carbocycles. The SMILES string of the molecule is CO[C@@H]1CCN(c2c(F)c(Cl)c(-c3cn4cc(NC(=O)C5CC5)nc4cn3)c3cn[nH]c23)C1. The number of hydrogen-bond acceptors (Lipinski definition) is 6. The maximum Gasteiger partial charge on any atom is 0.228 e. The van der Waals surface area contributed by atoms with Gasteiger partial charge in [-0.25, -0.2) is 9.37 Å². The van der Waals surface area contributed by atoms with Gasteiger partial charge >= 0.3 is 0 Å². The van der Waals surface area contributed by atoms with Gasteiger partial charge in [0, 0.05) is 43.3 Å². The number of nitrogens with zero attached hydrogens (tertiary/aromatic N) is 5. The van der Waals surface area contributed by atoms with Crippen molar-refractivity contribution in [2.75, 3.05) is 30.4 Å². The quantitative estimate of drug-likeness (QED) is 0.463. The third-order valence-electron chi connectivity index (χ3n) is 6.36. The monoisotopic (exact) mass is 469 g/mol. The molecule has 4 heterocycles. The molecule has 0 spiro atoms. The molecule has 6 rings (SSSR count). The number of nitrogens with one attached hydrogen (secondary N) is 2. The molecule has 33 heavy (non-hydrogen) atoms. The van der Waals surface area contributed by atoms with Crippen molar-refractivity contribution in [2.24, 2.45) is 5.92 Å². The Bertz CT molecular complexity index is 1400. The summed E-state index contributed by atoms with van der Waals surface area (Å²) in [6, 6.07) is 0. The molecule has 2 N–H and O–H groups in total. The van der Waals surface area contributed by atoms with E-state index in [2.05, 4.69) is 25.5 Å². The zero-order chi connectivity index (χ0) is 22.7. The number of fused-ring (bicyclic) bond motifs is 2. The van der Waals surface area contributed by atoms with Crippen molar-refractivity contribution in [1.29, 1.82) is 0 Å². The van der Waals surface area contributed by atoms with Crippen molar-refractivity contribution in [3.63, 3.8) is 0 Å². The Morgan fingerprint density at radius 3 is 2.91 bits per heavy atom. The number of hydrogen-bond donors (Lipinski definition) is 2. The van der Waals surface area contributed by atoms with E-state index in [9.17, 15) is 4.79 Å². The number of rotatable bonds is 5. The molecule has 1 saturated carbocycles. The molecule has 11 heteroatoms. The van der Waals surface area contributed by atoms with Gasteiger partial charge in [-0.2, -0.15) is 5.10 Å². The average Bonchev–Trinajstić information content (AvgIpc) is 3.18. The number of anilines is 2. The van der Waals surface area contributed by atoms with Crippen LogP contribution in [0.5, 0.6) is 0 Å².